The van der Waals surface area contributed by atoms with Gasteiger partial charge in [0.2, 0.25) is 5.91 Å². The highest BCUT2D eigenvalue weighted by Gasteiger charge is 2.38. The van der Waals surface area contributed by atoms with E-state index < -0.39 is 5.41 Å². The van der Waals surface area contributed by atoms with Gasteiger partial charge in [-0.3, -0.25) is 9.69 Å². The number of carbonyl (C=O) groups is 1. The van der Waals surface area contributed by atoms with Crippen LogP contribution in [0.4, 0.5) is 0 Å². The number of rotatable bonds is 6. The first-order chi connectivity index (χ1) is 12.6. The molecule has 2 fully saturated rings. The quantitative estimate of drug-likeness (QED) is 0.819. The molecule has 2 heterocycles. The van der Waals surface area contributed by atoms with E-state index in [0.717, 1.165) is 12.1 Å². The normalized spacial score (nSPS) is 23.5. The highest BCUT2D eigenvalue weighted by Crippen LogP contribution is 2.29. The van der Waals surface area contributed by atoms with E-state index in [1.54, 1.807) is 0 Å². The molecule has 1 aromatic rings. The molecule has 2 aliphatic rings. The van der Waals surface area contributed by atoms with E-state index in [-0.39, 0.29) is 5.91 Å². The number of ether oxygens (including phenoxy) is 1. The molecular formula is C21H33N3O2. The number of hydrogen-bond donors (Lipinski definition) is 2. The second kappa shape index (κ2) is 8.98. The second-order valence-corrected chi connectivity index (χ2v) is 7.91. The Hall–Kier alpha value is -1.43. The maximum atomic E-state index is 12.6. The van der Waals surface area contributed by atoms with Crippen LogP contribution in [0, 0.1) is 5.41 Å². The molecule has 1 atom stereocenters. The van der Waals surface area contributed by atoms with Gasteiger partial charge in [0.25, 0.3) is 0 Å². The Labute approximate surface area is 157 Å². The average Bonchev–Trinajstić information content (AvgIpc) is 2.69. The van der Waals surface area contributed by atoms with Crippen LogP contribution in [-0.4, -0.2) is 43.2 Å². The monoisotopic (exact) mass is 359 g/mol. The molecule has 3 rings (SSSR count). The second-order valence-electron chi connectivity index (χ2n) is 7.91. The lowest BCUT2D eigenvalue weighted by Gasteiger charge is -2.34. The van der Waals surface area contributed by atoms with Crippen molar-refractivity contribution in [2.45, 2.75) is 58.2 Å². The van der Waals surface area contributed by atoms with Gasteiger partial charge in [-0.25, -0.2) is 0 Å². The fourth-order valence-corrected chi connectivity index (χ4v) is 4.05. The zero-order valence-corrected chi connectivity index (χ0v) is 16.0. The van der Waals surface area contributed by atoms with Gasteiger partial charge in [-0.1, -0.05) is 30.7 Å². The molecule has 5 nitrogen and oxygen atoms in total. The van der Waals surface area contributed by atoms with Crippen LogP contribution in [0.5, 0.6) is 0 Å². The lowest BCUT2D eigenvalue weighted by molar-refractivity contribution is -0.136. The molecule has 2 aliphatic heterocycles. The molecule has 26 heavy (non-hydrogen) atoms. The van der Waals surface area contributed by atoms with Crippen molar-refractivity contribution in [3.63, 3.8) is 0 Å². The molecule has 0 radical (unpaired) electrons. The third kappa shape index (κ3) is 4.64. The zero-order valence-electron chi connectivity index (χ0n) is 16.0. The van der Waals surface area contributed by atoms with Crippen molar-refractivity contribution in [3.05, 3.63) is 35.4 Å². The molecule has 1 amide bonds. The minimum atomic E-state index is -0.456. The van der Waals surface area contributed by atoms with Crippen LogP contribution in [0.1, 0.15) is 50.2 Å². The van der Waals surface area contributed by atoms with Crippen LogP contribution in [0.3, 0.4) is 0 Å². The van der Waals surface area contributed by atoms with Crippen LogP contribution in [0.25, 0.3) is 0 Å². The van der Waals surface area contributed by atoms with Crippen molar-refractivity contribution in [1.82, 2.24) is 10.2 Å². The lowest BCUT2D eigenvalue weighted by Crippen LogP contribution is -2.48. The molecule has 0 saturated carbocycles. The first kappa shape index (κ1) is 19.3. The first-order valence-corrected chi connectivity index (χ1v) is 10.0. The molecule has 0 spiro atoms. The number of carbonyl (C=O) groups excluding carboxylic acids is 1. The van der Waals surface area contributed by atoms with Crippen LogP contribution in [0.2, 0.25) is 0 Å². The summed E-state index contributed by atoms with van der Waals surface area (Å²) in [6.45, 7) is 6.72. The van der Waals surface area contributed by atoms with Crippen LogP contribution in [-0.2, 0) is 22.6 Å². The highest BCUT2D eigenvalue weighted by atomic mass is 16.5. The number of nitrogens with two attached hydrogens (primary N) is 1. The van der Waals surface area contributed by atoms with Gasteiger partial charge in [-0.05, 0) is 50.3 Å². The molecule has 2 saturated heterocycles. The van der Waals surface area contributed by atoms with E-state index in [9.17, 15) is 4.79 Å². The minimum Gasteiger partial charge on any atom is -0.381 e. The minimum absolute atomic E-state index is 0.0644. The van der Waals surface area contributed by atoms with Gasteiger partial charge in [-0.2, -0.15) is 0 Å². The van der Waals surface area contributed by atoms with Crippen molar-refractivity contribution in [3.8, 4) is 0 Å². The van der Waals surface area contributed by atoms with Crippen molar-refractivity contribution in [2.24, 2.45) is 11.1 Å². The topological polar surface area (TPSA) is 67.6 Å². The molecule has 1 unspecified atom stereocenters. The number of hydrogen-bond acceptors (Lipinski definition) is 4. The number of likely N-dealkylation sites (tertiary alicyclic amines) is 1. The Kier molecular flexibility index (Phi) is 6.68. The molecule has 144 valence electrons. The number of amides is 1. The van der Waals surface area contributed by atoms with Crippen molar-refractivity contribution in [2.75, 3.05) is 26.3 Å². The fourth-order valence-electron chi connectivity index (χ4n) is 4.05. The molecule has 5 heteroatoms. The summed E-state index contributed by atoms with van der Waals surface area (Å²) in [5.74, 6) is 0.0644. The lowest BCUT2D eigenvalue weighted by atomic mass is 9.79. The van der Waals surface area contributed by atoms with Crippen molar-refractivity contribution in [1.29, 1.82) is 0 Å². The first-order valence-electron chi connectivity index (χ1n) is 10.0. The molecular weight excluding hydrogens is 326 g/mol. The number of benzene rings is 1. The van der Waals surface area contributed by atoms with Gasteiger partial charge in [0.15, 0.2) is 0 Å². The summed E-state index contributed by atoms with van der Waals surface area (Å²) in [6.07, 6.45) is 5.39. The van der Waals surface area contributed by atoms with E-state index in [0.29, 0.717) is 45.2 Å². The van der Waals surface area contributed by atoms with Gasteiger partial charge < -0.3 is 15.8 Å². The van der Waals surface area contributed by atoms with E-state index in [1.165, 1.54) is 31.4 Å². The molecule has 0 bridgehead atoms. The smallest absolute Gasteiger partial charge is 0.227 e. The zero-order chi connectivity index (χ0) is 18.4. The van der Waals surface area contributed by atoms with Gasteiger partial charge in [0, 0.05) is 38.9 Å². The Morgan fingerprint density at radius 3 is 2.58 bits per heavy atom. The molecule has 0 aromatic heterocycles. The molecule has 1 aromatic carbocycles. The van der Waals surface area contributed by atoms with Gasteiger partial charge in [-0.15, -0.1) is 0 Å². The predicted molar refractivity (Wildman–Crippen MR) is 104 cm³/mol. The Balaban J connectivity index is 1.51. The predicted octanol–water partition coefficient (Wildman–Crippen LogP) is 2.43. The van der Waals surface area contributed by atoms with E-state index in [2.05, 4.69) is 41.4 Å². The maximum Gasteiger partial charge on any atom is 0.227 e. The summed E-state index contributed by atoms with van der Waals surface area (Å²) < 4.78 is 5.38. The van der Waals surface area contributed by atoms with Crippen molar-refractivity contribution >= 4 is 5.91 Å². The van der Waals surface area contributed by atoms with E-state index in [1.807, 2.05) is 0 Å². The van der Waals surface area contributed by atoms with E-state index >= 15 is 0 Å². The van der Waals surface area contributed by atoms with Crippen molar-refractivity contribution < 1.29 is 9.53 Å². The number of piperidine rings is 1. The SMILES string of the molecule is CC1CCCCN1Cc1ccc(CNC(=O)C2(CN)CCOCC2)cc1. The molecule has 3 N–H and O–H groups in total. The molecule has 0 aliphatic carbocycles. The Bertz CT molecular complexity index is 581. The largest absolute Gasteiger partial charge is 0.381 e. The summed E-state index contributed by atoms with van der Waals surface area (Å²) in [4.78, 5) is 15.2. The number of nitrogens with one attached hydrogen (secondary N) is 1. The fraction of sp³-hybridized carbons (Fsp3) is 0.667. The standard InChI is InChI=1S/C21H33N3O2/c1-17-4-2-3-11-24(17)15-19-7-5-18(6-8-19)14-23-20(25)21(16-22)9-12-26-13-10-21/h5-8,17H,2-4,9-16,22H2,1H3,(H,23,25). The third-order valence-corrected chi connectivity index (χ3v) is 6.12. The van der Waals surface area contributed by atoms with Gasteiger partial charge in [0.1, 0.15) is 0 Å². The Morgan fingerprint density at radius 1 is 1.23 bits per heavy atom. The highest BCUT2D eigenvalue weighted by molar-refractivity contribution is 5.83. The Morgan fingerprint density at radius 2 is 1.92 bits per heavy atom. The maximum absolute atomic E-state index is 12.6. The summed E-state index contributed by atoms with van der Waals surface area (Å²) in [5, 5.41) is 3.08. The number of nitrogens with zero attached hydrogens (tertiary/aromatic N) is 1. The summed E-state index contributed by atoms with van der Waals surface area (Å²) in [5.41, 5.74) is 7.93. The third-order valence-electron chi connectivity index (χ3n) is 6.12. The summed E-state index contributed by atoms with van der Waals surface area (Å²) in [7, 11) is 0. The summed E-state index contributed by atoms with van der Waals surface area (Å²) >= 11 is 0. The van der Waals surface area contributed by atoms with Crippen LogP contribution >= 0.6 is 0 Å². The van der Waals surface area contributed by atoms with Crippen LogP contribution < -0.4 is 11.1 Å². The van der Waals surface area contributed by atoms with Crippen LogP contribution in [0.15, 0.2) is 24.3 Å². The average molecular weight is 360 g/mol. The summed E-state index contributed by atoms with van der Waals surface area (Å²) in [6, 6.07) is 9.31. The van der Waals surface area contributed by atoms with Gasteiger partial charge in [0.05, 0.1) is 5.41 Å². The van der Waals surface area contributed by atoms with Gasteiger partial charge >= 0.3 is 0 Å². The van der Waals surface area contributed by atoms with E-state index in [4.69, 9.17) is 10.5 Å².